The van der Waals surface area contributed by atoms with Crippen LogP contribution in [0.25, 0.3) is 0 Å². The molecule has 0 aliphatic rings. The van der Waals surface area contributed by atoms with Crippen LogP contribution in [0.4, 0.5) is 0 Å². The Balaban J connectivity index is 2.75. The van der Waals surface area contributed by atoms with Crippen LogP contribution in [0, 0.1) is 17.8 Å². The molecule has 0 aliphatic carbocycles. The quantitative estimate of drug-likeness (QED) is 0.513. The minimum Gasteiger partial charge on any atom is -0.481 e. The molecule has 1 aromatic carbocycles. The van der Waals surface area contributed by atoms with E-state index in [1.54, 1.807) is 13.8 Å². The van der Waals surface area contributed by atoms with Gasteiger partial charge in [0.2, 0.25) is 0 Å². The molecule has 0 fully saturated rings. The number of carboxylic acid groups (broad SMARTS) is 1. The molecule has 0 saturated heterocycles. The van der Waals surface area contributed by atoms with Gasteiger partial charge in [-0.1, -0.05) is 30.0 Å². The van der Waals surface area contributed by atoms with E-state index in [-0.39, 0.29) is 0 Å². The van der Waals surface area contributed by atoms with Crippen molar-refractivity contribution in [1.82, 2.24) is 0 Å². The van der Waals surface area contributed by atoms with Crippen molar-refractivity contribution in [3.8, 4) is 11.8 Å². The second-order valence-corrected chi connectivity index (χ2v) is 4.61. The number of benzene rings is 1. The summed E-state index contributed by atoms with van der Waals surface area (Å²) in [6.45, 7) is 4.52. The molecule has 4 nitrogen and oxygen atoms in total. The zero-order chi connectivity index (χ0) is 14.5. The van der Waals surface area contributed by atoms with E-state index in [1.807, 2.05) is 30.3 Å². The summed E-state index contributed by atoms with van der Waals surface area (Å²) in [5.74, 6) is 2.50. The lowest BCUT2D eigenvalue weighted by Gasteiger charge is -2.20. The average molecular weight is 260 g/mol. The molecular formula is C15H16O4. The lowest BCUT2D eigenvalue weighted by Crippen LogP contribution is -2.32. The summed E-state index contributed by atoms with van der Waals surface area (Å²) in [6.07, 6.45) is 0. The van der Waals surface area contributed by atoms with Gasteiger partial charge < -0.3 is 9.84 Å². The molecule has 0 heterocycles. The highest BCUT2D eigenvalue weighted by Crippen LogP contribution is 2.12. The van der Waals surface area contributed by atoms with Gasteiger partial charge in [-0.2, -0.15) is 0 Å². The van der Waals surface area contributed by atoms with Gasteiger partial charge in [-0.3, -0.25) is 9.59 Å². The van der Waals surface area contributed by atoms with Crippen LogP contribution in [-0.4, -0.2) is 22.6 Å². The lowest BCUT2D eigenvalue weighted by molar-refractivity contribution is -0.163. The molecule has 0 bridgehead atoms. The highest BCUT2D eigenvalue weighted by Gasteiger charge is 2.28. The van der Waals surface area contributed by atoms with Gasteiger partial charge in [0.25, 0.3) is 0 Å². The SMILES string of the molecule is CC(C(=O)O)C(=O)OC(C)(C)C#Cc1ccccc1. The number of ether oxygens (including phenoxy) is 1. The van der Waals surface area contributed by atoms with E-state index in [0.29, 0.717) is 0 Å². The predicted octanol–water partition coefficient (Wildman–Crippen LogP) is 2.08. The molecule has 1 aromatic rings. The molecule has 0 aliphatic heterocycles. The molecule has 0 spiro atoms. The largest absolute Gasteiger partial charge is 0.481 e. The van der Waals surface area contributed by atoms with Gasteiger partial charge in [0.15, 0.2) is 11.5 Å². The number of rotatable bonds is 3. The summed E-state index contributed by atoms with van der Waals surface area (Å²) < 4.78 is 5.09. The maximum atomic E-state index is 11.5. The Bertz CT molecular complexity index is 520. The first-order chi connectivity index (χ1) is 8.82. The number of hydrogen-bond donors (Lipinski definition) is 1. The summed E-state index contributed by atoms with van der Waals surface area (Å²) in [7, 11) is 0. The summed E-state index contributed by atoms with van der Waals surface area (Å²) in [6, 6.07) is 9.27. The Labute approximate surface area is 112 Å². The van der Waals surface area contributed by atoms with E-state index >= 15 is 0 Å². The zero-order valence-corrected chi connectivity index (χ0v) is 11.1. The van der Waals surface area contributed by atoms with Crippen molar-refractivity contribution in [1.29, 1.82) is 0 Å². The molecule has 0 saturated carbocycles. The first kappa shape index (κ1) is 14.8. The number of carbonyl (C=O) groups excluding carboxylic acids is 1. The van der Waals surface area contributed by atoms with Crippen molar-refractivity contribution in [3.63, 3.8) is 0 Å². The van der Waals surface area contributed by atoms with Crippen LogP contribution in [0.2, 0.25) is 0 Å². The van der Waals surface area contributed by atoms with E-state index in [2.05, 4.69) is 11.8 Å². The Hall–Kier alpha value is -2.28. The number of carboxylic acids is 1. The van der Waals surface area contributed by atoms with Crippen LogP contribution < -0.4 is 0 Å². The smallest absolute Gasteiger partial charge is 0.321 e. The van der Waals surface area contributed by atoms with Crippen molar-refractivity contribution < 1.29 is 19.4 Å². The Morgan fingerprint density at radius 3 is 2.37 bits per heavy atom. The fourth-order valence-electron chi connectivity index (χ4n) is 1.21. The predicted molar refractivity (Wildman–Crippen MR) is 70.3 cm³/mol. The number of esters is 1. The Kier molecular flexibility index (Phi) is 4.71. The highest BCUT2D eigenvalue weighted by atomic mass is 16.6. The van der Waals surface area contributed by atoms with Gasteiger partial charge in [-0.15, -0.1) is 0 Å². The van der Waals surface area contributed by atoms with Gasteiger partial charge in [0.1, 0.15) is 0 Å². The zero-order valence-electron chi connectivity index (χ0n) is 11.1. The van der Waals surface area contributed by atoms with Crippen LogP contribution in [0.1, 0.15) is 26.3 Å². The summed E-state index contributed by atoms with van der Waals surface area (Å²) >= 11 is 0. The van der Waals surface area contributed by atoms with E-state index in [9.17, 15) is 9.59 Å². The molecule has 0 aromatic heterocycles. The molecule has 1 rings (SSSR count). The topological polar surface area (TPSA) is 63.6 Å². The standard InChI is InChI=1S/C15H16O4/c1-11(13(16)17)14(18)19-15(2,3)10-9-12-7-5-4-6-8-12/h4-8,11H,1-3H3,(H,16,17). The van der Waals surface area contributed by atoms with Crippen molar-refractivity contribution in [2.45, 2.75) is 26.4 Å². The van der Waals surface area contributed by atoms with Crippen molar-refractivity contribution in [2.24, 2.45) is 5.92 Å². The van der Waals surface area contributed by atoms with E-state index in [4.69, 9.17) is 9.84 Å². The van der Waals surface area contributed by atoms with Crippen LogP contribution in [0.3, 0.4) is 0 Å². The van der Waals surface area contributed by atoms with E-state index in [1.165, 1.54) is 6.92 Å². The number of carbonyl (C=O) groups is 2. The summed E-state index contributed by atoms with van der Waals surface area (Å²) in [5.41, 5.74) is -0.227. The minimum absolute atomic E-state index is 0.792. The Morgan fingerprint density at radius 2 is 1.84 bits per heavy atom. The summed E-state index contributed by atoms with van der Waals surface area (Å²) in [5, 5.41) is 8.72. The molecule has 1 atom stereocenters. The highest BCUT2D eigenvalue weighted by molar-refractivity contribution is 5.93. The first-order valence-corrected chi connectivity index (χ1v) is 5.86. The van der Waals surface area contributed by atoms with Crippen LogP contribution in [0.15, 0.2) is 30.3 Å². The van der Waals surface area contributed by atoms with Gasteiger partial charge in [0.05, 0.1) is 0 Å². The summed E-state index contributed by atoms with van der Waals surface area (Å²) in [4.78, 5) is 22.2. The second kappa shape index (κ2) is 6.05. The average Bonchev–Trinajstić information content (AvgIpc) is 2.36. The van der Waals surface area contributed by atoms with E-state index < -0.39 is 23.5 Å². The first-order valence-electron chi connectivity index (χ1n) is 5.86. The number of aliphatic carboxylic acids is 1. The molecule has 19 heavy (non-hydrogen) atoms. The molecule has 0 amide bonds. The monoisotopic (exact) mass is 260 g/mol. The van der Waals surface area contributed by atoms with Gasteiger partial charge in [-0.05, 0) is 32.9 Å². The maximum Gasteiger partial charge on any atom is 0.321 e. The minimum atomic E-state index is -1.21. The van der Waals surface area contributed by atoms with Gasteiger partial charge in [-0.25, -0.2) is 0 Å². The third-order valence-corrected chi connectivity index (χ3v) is 2.36. The third-order valence-electron chi connectivity index (χ3n) is 2.36. The normalized spacial score (nSPS) is 11.9. The molecule has 4 heteroatoms. The molecule has 0 radical (unpaired) electrons. The van der Waals surface area contributed by atoms with Crippen LogP contribution in [-0.2, 0) is 14.3 Å². The fraction of sp³-hybridized carbons (Fsp3) is 0.333. The van der Waals surface area contributed by atoms with Gasteiger partial charge >= 0.3 is 11.9 Å². The van der Waals surface area contributed by atoms with E-state index in [0.717, 1.165) is 5.56 Å². The van der Waals surface area contributed by atoms with Crippen molar-refractivity contribution >= 4 is 11.9 Å². The Morgan fingerprint density at radius 1 is 1.26 bits per heavy atom. The lowest BCUT2D eigenvalue weighted by atomic mass is 10.1. The fourth-order valence-corrected chi connectivity index (χ4v) is 1.21. The molecule has 1 unspecified atom stereocenters. The second-order valence-electron chi connectivity index (χ2n) is 4.61. The van der Waals surface area contributed by atoms with Crippen LogP contribution >= 0.6 is 0 Å². The van der Waals surface area contributed by atoms with Gasteiger partial charge in [0, 0.05) is 5.56 Å². The van der Waals surface area contributed by atoms with Crippen molar-refractivity contribution in [2.75, 3.05) is 0 Å². The van der Waals surface area contributed by atoms with Crippen molar-refractivity contribution in [3.05, 3.63) is 35.9 Å². The third kappa shape index (κ3) is 4.84. The maximum absolute atomic E-state index is 11.5. The molecular weight excluding hydrogens is 244 g/mol. The molecule has 1 N–H and O–H groups in total. The number of hydrogen-bond acceptors (Lipinski definition) is 3. The van der Waals surface area contributed by atoms with Crippen LogP contribution in [0.5, 0.6) is 0 Å². The molecule has 100 valence electrons.